The topological polar surface area (TPSA) is 46.5 Å². The molecule has 0 aromatic heterocycles. The van der Waals surface area contributed by atoms with Crippen LogP contribution in [-0.4, -0.2) is 24.6 Å². The van der Waals surface area contributed by atoms with Gasteiger partial charge in [-0.15, -0.1) is 0 Å². The molecular weight excluding hydrogens is 204 g/mol. The van der Waals surface area contributed by atoms with Gasteiger partial charge in [-0.05, 0) is 29.0 Å². The van der Waals surface area contributed by atoms with Crippen LogP contribution in [0.1, 0.15) is 10.4 Å². The number of carbonyl (C=O) groups is 1. The van der Waals surface area contributed by atoms with Gasteiger partial charge in [0.15, 0.2) is 6.29 Å². The molecular formula is C13H12O3. The minimum atomic E-state index is -0.00753. The lowest BCUT2D eigenvalue weighted by atomic mass is 10.1. The number of carbonyl (C=O) groups excluding carboxylic acids is 1. The summed E-state index contributed by atoms with van der Waals surface area (Å²) in [5, 5.41) is 10.5. The van der Waals surface area contributed by atoms with Crippen molar-refractivity contribution in [1.29, 1.82) is 0 Å². The van der Waals surface area contributed by atoms with Crippen molar-refractivity contribution >= 4 is 17.1 Å². The number of ether oxygens (including phenoxy) is 1. The Morgan fingerprint density at radius 1 is 1.25 bits per heavy atom. The van der Waals surface area contributed by atoms with E-state index in [0.29, 0.717) is 11.3 Å². The van der Waals surface area contributed by atoms with E-state index in [1.807, 2.05) is 24.3 Å². The van der Waals surface area contributed by atoms with Crippen LogP contribution >= 0.6 is 0 Å². The fraction of sp³-hybridized carbons (Fsp3) is 0.154. The summed E-state index contributed by atoms with van der Waals surface area (Å²) in [6.45, 7) is 0.269. The van der Waals surface area contributed by atoms with Crippen LogP contribution in [0, 0.1) is 0 Å². The fourth-order valence-electron chi connectivity index (χ4n) is 1.64. The van der Waals surface area contributed by atoms with Gasteiger partial charge in [0.25, 0.3) is 0 Å². The van der Waals surface area contributed by atoms with Gasteiger partial charge in [0.05, 0.1) is 6.61 Å². The summed E-state index contributed by atoms with van der Waals surface area (Å²) in [4.78, 5) is 10.8. The van der Waals surface area contributed by atoms with Crippen molar-refractivity contribution in [3.8, 4) is 5.75 Å². The molecule has 0 heterocycles. The smallest absolute Gasteiger partial charge is 0.150 e. The molecule has 0 radical (unpaired) electrons. The highest BCUT2D eigenvalue weighted by atomic mass is 16.5. The van der Waals surface area contributed by atoms with Crippen LogP contribution in [0.25, 0.3) is 10.8 Å². The fourth-order valence-corrected chi connectivity index (χ4v) is 1.64. The van der Waals surface area contributed by atoms with Crippen LogP contribution in [0.2, 0.25) is 0 Å². The average Bonchev–Trinajstić information content (AvgIpc) is 2.35. The minimum absolute atomic E-state index is 0.00753. The number of aliphatic hydroxyl groups excluding tert-OH is 1. The molecule has 82 valence electrons. The third-order valence-corrected chi connectivity index (χ3v) is 2.37. The van der Waals surface area contributed by atoms with Crippen molar-refractivity contribution in [3.05, 3.63) is 42.0 Å². The van der Waals surface area contributed by atoms with Crippen molar-refractivity contribution in [3.63, 3.8) is 0 Å². The Balaban J connectivity index is 2.43. The maximum absolute atomic E-state index is 10.8. The number of hydrogen-bond donors (Lipinski definition) is 1. The van der Waals surface area contributed by atoms with Crippen molar-refractivity contribution in [2.75, 3.05) is 13.2 Å². The summed E-state index contributed by atoms with van der Waals surface area (Å²) >= 11 is 0. The predicted molar refractivity (Wildman–Crippen MR) is 61.9 cm³/mol. The molecule has 0 bridgehead atoms. The van der Waals surface area contributed by atoms with Gasteiger partial charge in [-0.3, -0.25) is 4.79 Å². The summed E-state index contributed by atoms with van der Waals surface area (Å²) in [5.74, 6) is 0.699. The van der Waals surface area contributed by atoms with E-state index in [-0.39, 0.29) is 13.2 Å². The molecule has 0 aliphatic heterocycles. The Morgan fingerprint density at radius 2 is 2.12 bits per heavy atom. The molecule has 0 saturated carbocycles. The predicted octanol–water partition coefficient (Wildman–Crippen LogP) is 2.02. The maximum atomic E-state index is 10.8. The standard InChI is InChI=1S/C13H12O3/c14-6-7-16-12-4-5-13-10(8-12)2-1-3-11(13)9-15/h1-5,8-9,14H,6-7H2. The molecule has 0 amide bonds. The molecule has 0 unspecified atom stereocenters. The lowest BCUT2D eigenvalue weighted by molar-refractivity contribution is 0.112. The molecule has 3 heteroatoms. The van der Waals surface area contributed by atoms with Crippen LogP contribution in [-0.2, 0) is 0 Å². The zero-order valence-electron chi connectivity index (χ0n) is 8.72. The molecule has 0 saturated heterocycles. The first kappa shape index (κ1) is 10.6. The van der Waals surface area contributed by atoms with Crippen molar-refractivity contribution in [1.82, 2.24) is 0 Å². The zero-order valence-corrected chi connectivity index (χ0v) is 8.72. The van der Waals surface area contributed by atoms with Gasteiger partial charge < -0.3 is 9.84 Å². The van der Waals surface area contributed by atoms with Gasteiger partial charge in [-0.1, -0.05) is 18.2 Å². The molecule has 0 atom stereocenters. The third-order valence-electron chi connectivity index (χ3n) is 2.37. The highest BCUT2D eigenvalue weighted by Crippen LogP contribution is 2.22. The first-order valence-electron chi connectivity index (χ1n) is 5.07. The van der Waals surface area contributed by atoms with Crippen LogP contribution in [0.15, 0.2) is 36.4 Å². The molecule has 3 nitrogen and oxygen atoms in total. The Morgan fingerprint density at radius 3 is 2.88 bits per heavy atom. The van der Waals surface area contributed by atoms with E-state index >= 15 is 0 Å². The second-order valence-corrected chi connectivity index (χ2v) is 3.42. The Bertz CT molecular complexity index is 506. The monoisotopic (exact) mass is 216 g/mol. The third kappa shape index (κ3) is 2.04. The number of aliphatic hydroxyl groups is 1. The minimum Gasteiger partial charge on any atom is -0.491 e. The number of fused-ring (bicyclic) bond motifs is 1. The van der Waals surface area contributed by atoms with E-state index < -0.39 is 0 Å². The normalized spacial score (nSPS) is 10.3. The average molecular weight is 216 g/mol. The molecule has 2 aromatic carbocycles. The largest absolute Gasteiger partial charge is 0.491 e. The van der Waals surface area contributed by atoms with Crippen LogP contribution in [0.3, 0.4) is 0 Å². The van der Waals surface area contributed by atoms with Gasteiger partial charge in [0, 0.05) is 5.56 Å². The lowest BCUT2D eigenvalue weighted by Gasteiger charge is -2.06. The van der Waals surface area contributed by atoms with Gasteiger partial charge in [-0.2, -0.15) is 0 Å². The quantitative estimate of drug-likeness (QED) is 0.795. The number of benzene rings is 2. The van der Waals surface area contributed by atoms with Crippen molar-refractivity contribution in [2.45, 2.75) is 0 Å². The summed E-state index contributed by atoms with van der Waals surface area (Å²) in [6, 6.07) is 11.0. The van der Waals surface area contributed by atoms with Crippen LogP contribution < -0.4 is 4.74 Å². The molecule has 2 rings (SSSR count). The highest BCUT2D eigenvalue weighted by molar-refractivity contribution is 5.98. The van der Waals surface area contributed by atoms with Gasteiger partial charge >= 0.3 is 0 Å². The zero-order chi connectivity index (χ0) is 11.4. The van der Waals surface area contributed by atoms with Gasteiger partial charge in [0.2, 0.25) is 0 Å². The Kier molecular flexibility index (Phi) is 3.17. The molecule has 2 aromatic rings. The first-order chi connectivity index (χ1) is 7.85. The second kappa shape index (κ2) is 4.77. The van der Waals surface area contributed by atoms with E-state index in [1.165, 1.54) is 0 Å². The lowest BCUT2D eigenvalue weighted by Crippen LogP contribution is -2.01. The molecule has 1 N–H and O–H groups in total. The van der Waals surface area contributed by atoms with Crippen molar-refractivity contribution < 1.29 is 14.6 Å². The molecule has 16 heavy (non-hydrogen) atoms. The Labute approximate surface area is 93.3 Å². The number of hydrogen-bond acceptors (Lipinski definition) is 3. The van der Waals surface area contributed by atoms with Gasteiger partial charge in [-0.25, -0.2) is 0 Å². The maximum Gasteiger partial charge on any atom is 0.150 e. The highest BCUT2D eigenvalue weighted by Gasteiger charge is 2.01. The summed E-state index contributed by atoms with van der Waals surface area (Å²) < 4.78 is 5.30. The van der Waals surface area contributed by atoms with Crippen LogP contribution in [0.5, 0.6) is 5.75 Å². The van der Waals surface area contributed by atoms with E-state index in [1.54, 1.807) is 12.1 Å². The van der Waals surface area contributed by atoms with E-state index in [0.717, 1.165) is 17.1 Å². The second-order valence-electron chi connectivity index (χ2n) is 3.42. The summed E-state index contributed by atoms with van der Waals surface area (Å²) in [6.07, 6.45) is 0.844. The number of aldehydes is 1. The van der Waals surface area contributed by atoms with Crippen LogP contribution in [0.4, 0.5) is 0 Å². The van der Waals surface area contributed by atoms with Crippen molar-refractivity contribution in [2.24, 2.45) is 0 Å². The number of rotatable bonds is 4. The molecule has 0 spiro atoms. The summed E-state index contributed by atoms with van der Waals surface area (Å²) in [7, 11) is 0. The van der Waals surface area contributed by atoms with E-state index in [4.69, 9.17) is 9.84 Å². The molecule has 0 aliphatic rings. The molecule has 0 aliphatic carbocycles. The van der Waals surface area contributed by atoms with Gasteiger partial charge in [0.1, 0.15) is 12.4 Å². The van der Waals surface area contributed by atoms with E-state index in [9.17, 15) is 4.79 Å². The summed E-state index contributed by atoms with van der Waals surface area (Å²) in [5.41, 5.74) is 0.672. The Hall–Kier alpha value is -1.87. The van der Waals surface area contributed by atoms with E-state index in [2.05, 4.69) is 0 Å². The SMILES string of the molecule is O=Cc1cccc2cc(OCCO)ccc12. The first-order valence-corrected chi connectivity index (χ1v) is 5.07. The molecule has 0 fully saturated rings.